The van der Waals surface area contributed by atoms with E-state index in [0.29, 0.717) is 18.5 Å². The molecule has 0 radical (unpaired) electrons. The molecule has 3 atom stereocenters. The van der Waals surface area contributed by atoms with Gasteiger partial charge in [0.15, 0.2) is 6.17 Å². The predicted molar refractivity (Wildman–Crippen MR) is 84.6 cm³/mol. The summed E-state index contributed by atoms with van der Waals surface area (Å²) >= 11 is 6.18. The topological polar surface area (TPSA) is 62.0 Å². The van der Waals surface area contributed by atoms with E-state index in [1.807, 2.05) is 6.34 Å². The highest BCUT2D eigenvalue weighted by Crippen LogP contribution is 2.28. The second-order valence-electron chi connectivity index (χ2n) is 5.86. The molecule has 0 aromatic carbocycles. The minimum atomic E-state index is -0.133. The van der Waals surface area contributed by atoms with E-state index in [0.717, 1.165) is 38.4 Å². The Balaban J connectivity index is 1.55. The first-order chi connectivity index (χ1) is 10.8. The number of halogens is 1. The smallest absolute Gasteiger partial charge is 0.221 e. The minimum Gasteiger partial charge on any atom is -0.378 e. The standard InChI is InChI=1S/C14H20ClN5O2/c15-14-17-12(19-4-7-21-8-5-19)11-13(18-14)20(9-16-11)10-3-1-2-6-22-10/h9-11,13H,1-8H2. The SMILES string of the molecule is ClC1=NC2C(N=CN2C2CCCCO2)C(N2CCOCC2)=N1. The summed E-state index contributed by atoms with van der Waals surface area (Å²) in [7, 11) is 0. The summed E-state index contributed by atoms with van der Waals surface area (Å²) in [6, 6.07) is -0.0915. The Kier molecular flexibility index (Phi) is 4.02. The van der Waals surface area contributed by atoms with E-state index in [2.05, 4.69) is 24.8 Å². The molecule has 0 aromatic rings. The summed E-state index contributed by atoms with van der Waals surface area (Å²) in [6.45, 7) is 3.87. The van der Waals surface area contributed by atoms with E-state index >= 15 is 0 Å². The molecule has 22 heavy (non-hydrogen) atoms. The number of nitrogens with zero attached hydrogens (tertiary/aromatic N) is 5. The third kappa shape index (κ3) is 2.61. The molecule has 8 heteroatoms. The van der Waals surface area contributed by atoms with Crippen LogP contribution in [0.5, 0.6) is 0 Å². The van der Waals surface area contributed by atoms with Gasteiger partial charge in [0.1, 0.15) is 18.1 Å². The molecule has 0 aliphatic carbocycles. The van der Waals surface area contributed by atoms with E-state index in [-0.39, 0.29) is 18.4 Å². The molecule has 4 aliphatic heterocycles. The molecule has 120 valence electrons. The summed E-state index contributed by atoms with van der Waals surface area (Å²) in [5.74, 6) is 0.905. The van der Waals surface area contributed by atoms with Crippen molar-refractivity contribution in [3.8, 4) is 0 Å². The van der Waals surface area contributed by atoms with Crippen LogP contribution in [0, 0.1) is 0 Å². The lowest BCUT2D eigenvalue weighted by molar-refractivity contribution is -0.0638. The van der Waals surface area contributed by atoms with E-state index in [1.54, 1.807) is 0 Å². The van der Waals surface area contributed by atoms with Crippen LogP contribution < -0.4 is 0 Å². The number of amidine groups is 2. The predicted octanol–water partition coefficient (Wildman–Crippen LogP) is 0.891. The summed E-state index contributed by atoms with van der Waals surface area (Å²) in [5, 5.41) is 0.300. The van der Waals surface area contributed by atoms with Crippen LogP contribution in [-0.2, 0) is 9.47 Å². The molecule has 0 aromatic heterocycles. The molecule has 2 saturated heterocycles. The van der Waals surface area contributed by atoms with Gasteiger partial charge in [-0.1, -0.05) is 0 Å². The molecule has 2 fully saturated rings. The molecular weight excluding hydrogens is 306 g/mol. The second kappa shape index (κ2) is 6.14. The monoisotopic (exact) mass is 325 g/mol. The van der Waals surface area contributed by atoms with Gasteiger partial charge in [0.05, 0.1) is 19.6 Å². The Bertz CT molecular complexity index is 511. The van der Waals surface area contributed by atoms with Gasteiger partial charge in [-0.3, -0.25) is 4.99 Å². The lowest BCUT2D eigenvalue weighted by atomic mass is 10.1. The van der Waals surface area contributed by atoms with Crippen LogP contribution in [-0.4, -0.2) is 78.6 Å². The van der Waals surface area contributed by atoms with Crippen LogP contribution in [0.15, 0.2) is 15.0 Å². The highest BCUT2D eigenvalue weighted by molar-refractivity contribution is 6.65. The normalized spacial score (nSPS) is 35.2. The first-order valence-electron chi connectivity index (χ1n) is 7.90. The fourth-order valence-corrected chi connectivity index (χ4v) is 3.53. The Hall–Kier alpha value is -1.18. The lowest BCUT2D eigenvalue weighted by Crippen LogP contribution is -2.53. The van der Waals surface area contributed by atoms with Gasteiger partial charge >= 0.3 is 0 Å². The largest absolute Gasteiger partial charge is 0.378 e. The summed E-state index contributed by atoms with van der Waals surface area (Å²) in [5.41, 5.74) is 0. The molecular formula is C14H20ClN5O2. The maximum atomic E-state index is 6.18. The number of ether oxygens (including phenoxy) is 2. The van der Waals surface area contributed by atoms with Gasteiger partial charge in [0, 0.05) is 19.7 Å². The molecule has 7 nitrogen and oxygen atoms in total. The average molecular weight is 326 g/mol. The van der Waals surface area contributed by atoms with Crippen LogP contribution in [0.3, 0.4) is 0 Å². The van der Waals surface area contributed by atoms with Crippen LogP contribution in [0.25, 0.3) is 0 Å². The summed E-state index contributed by atoms with van der Waals surface area (Å²) < 4.78 is 11.3. The third-order valence-electron chi connectivity index (χ3n) is 4.48. The van der Waals surface area contributed by atoms with E-state index in [1.165, 1.54) is 6.42 Å². The fourth-order valence-electron chi connectivity index (χ4n) is 3.35. The zero-order valence-corrected chi connectivity index (χ0v) is 13.2. The molecule has 3 unspecified atom stereocenters. The zero-order valence-electron chi connectivity index (χ0n) is 12.4. The van der Waals surface area contributed by atoms with Crippen molar-refractivity contribution in [3.05, 3.63) is 0 Å². The number of fused-ring (bicyclic) bond motifs is 1. The Labute approximate surface area is 134 Å². The van der Waals surface area contributed by atoms with Crippen molar-refractivity contribution in [1.29, 1.82) is 0 Å². The molecule has 0 bridgehead atoms. The molecule has 0 saturated carbocycles. The summed E-state index contributed by atoms with van der Waals surface area (Å²) in [6.07, 6.45) is 5.08. The van der Waals surface area contributed by atoms with Crippen molar-refractivity contribution in [2.75, 3.05) is 32.9 Å². The van der Waals surface area contributed by atoms with E-state index in [9.17, 15) is 0 Å². The molecule has 4 aliphatic rings. The molecule has 0 N–H and O–H groups in total. The number of morpholine rings is 1. The molecule has 0 spiro atoms. The van der Waals surface area contributed by atoms with Crippen molar-refractivity contribution in [1.82, 2.24) is 9.80 Å². The Morgan fingerprint density at radius 2 is 2.05 bits per heavy atom. The number of hydrogen-bond acceptors (Lipinski definition) is 7. The van der Waals surface area contributed by atoms with Crippen LogP contribution in [0.4, 0.5) is 0 Å². The van der Waals surface area contributed by atoms with Gasteiger partial charge in [-0.05, 0) is 30.9 Å². The van der Waals surface area contributed by atoms with Gasteiger partial charge < -0.3 is 19.3 Å². The van der Waals surface area contributed by atoms with Gasteiger partial charge in [-0.25, -0.2) is 9.98 Å². The van der Waals surface area contributed by atoms with Gasteiger partial charge in [-0.15, -0.1) is 0 Å². The van der Waals surface area contributed by atoms with Gasteiger partial charge in [0.25, 0.3) is 0 Å². The Morgan fingerprint density at radius 1 is 1.18 bits per heavy atom. The highest BCUT2D eigenvalue weighted by atomic mass is 35.5. The van der Waals surface area contributed by atoms with Crippen molar-refractivity contribution in [2.24, 2.45) is 15.0 Å². The number of rotatable bonds is 1. The van der Waals surface area contributed by atoms with Crippen LogP contribution >= 0.6 is 11.6 Å². The number of aliphatic imine (C=N–C) groups is 3. The van der Waals surface area contributed by atoms with E-state index < -0.39 is 0 Å². The average Bonchev–Trinajstić information content (AvgIpc) is 2.99. The first kappa shape index (κ1) is 14.4. The van der Waals surface area contributed by atoms with Crippen LogP contribution in [0.1, 0.15) is 19.3 Å². The van der Waals surface area contributed by atoms with Crippen molar-refractivity contribution in [2.45, 2.75) is 37.7 Å². The Morgan fingerprint density at radius 3 is 2.82 bits per heavy atom. The van der Waals surface area contributed by atoms with Crippen molar-refractivity contribution >= 4 is 29.1 Å². The number of hydrogen-bond donors (Lipinski definition) is 0. The summed E-state index contributed by atoms with van der Waals surface area (Å²) in [4.78, 5) is 17.9. The zero-order chi connectivity index (χ0) is 14.9. The van der Waals surface area contributed by atoms with Gasteiger partial charge in [-0.2, -0.15) is 0 Å². The quantitative estimate of drug-likeness (QED) is 0.672. The maximum Gasteiger partial charge on any atom is 0.221 e. The lowest BCUT2D eigenvalue weighted by Gasteiger charge is -2.38. The second-order valence-corrected chi connectivity index (χ2v) is 6.20. The highest BCUT2D eigenvalue weighted by Gasteiger charge is 2.42. The van der Waals surface area contributed by atoms with Gasteiger partial charge in [0.2, 0.25) is 5.29 Å². The van der Waals surface area contributed by atoms with Crippen molar-refractivity contribution < 1.29 is 9.47 Å². The molecule has 4 rings (SSSR count). The minimum absolute atomic E-state index is 0.0461. The molecule has 4 heterocycles. The first-order valence-corrected chi connectivity index (χ1v) is 8.28. The van der Waals surface area contributed by atoms with Crippen molar-refractivity contribution in [3.63, 3.8) is 0 Å². The van der Waals surface area contributed by atoms with Crippen LogP contribution in [0.2, 0.25) is 0 Å². The molecule has 0 amide bonds. The third-order valence-corrected chi connectivity index (χ3v) is 4.66. The maximum absolute atomic E-state index is 6.18. The fraction of sp³-hybridized carbons (Fsp3) is 0.786. The van der Waals surface area contributed by atoms with E-state index in [4.69, 9.17) is 21.1 Å².